The van der Waals surface area contributed by atoms with E-state index in [2.05, 4.69) is 10.8 Å². The molecule has 2 atom stereocenters. The normalized spacial score (nSPS) is 33.9. The maximum absolute atomic E-state index is 10.9. The Morgan fingerprint density at radius 3 is 2.80 bits per heavy atom. The van der Waals surface area contributed by atoms with Crippen molar-refractivity contribution < 1.29 is 9.53 Å². The molecule has 0 aromatic heterocycles. The first-order valence-electron chi connectivity index (χ1n) is 3.36. The molecule has 1 fully saturated rings. The summed E-state index contributed by atoms with van der Waals surface area (Å²) in [6.45, 7) is 0.841. The number of nitrogens with zero attached hydrogens (tertiary/aromatic N) is 1. The number of ether oxygens (including phenoxy) is 1. The van der Waals surface area contributed by atoms with Crippen LogP contribution in [0.15, 0.2) is 12.2 Å². The summed E-state index contributed by atoms with van der Waals surface area (Å²) in [5, 5.41) is 0. The molecule has 0 saturated carbocycles. The lowest BCUT2D eigenvalue weighted by Gasteiger charge is -2.49. The van der Waals surface area contributed by atoms with Crippen LogP contribution in [0.4, 0.5) is 4.79 Å². The van der Waals surface area contributed by atoms with Crippen molar-refractivity contribution in [3.63, 3.8) is 0 Å². The third-order valence-corrected chi connectivity index (χ3v) is 2.17. The zero-order chi connectivity index (χ0) is 7.14. The molecule has 54 valence electrons. The van der Waals surface area contributed by atoms with Crippen molar-refractivity contribution in [3.8, 4) is 0 Å². The van der Waals surface area contributed by atoms with Crippen molar-refractivity contribution in [1.82, 2.24) is 4.90 Å². The fraction of sp³-hybridized carbons (Fsp3) is 0.571. The van der Waals surface area contributed by atoms with Gasteiger partial charge in [0.15, 0.2) is 0 Å². The van der Waals surface area contributed by atoms with E-state index in [0.717, 1.165) is 6.54 Å². The van der Waals surface area contributed by atoms with E-state index < -0.39 is 0 Å². The van der Waals surface area contributed by atoms with Gasteiger partial charge in [-0.2, -0.15) is 0 Å². The van der Waals surface area contributed by atoms with Crippen LogP contribution in [0.2, 0.25) is 0 Å². The molecule has 3 nitrogen and oxygen atoms in total. The Kier molecular flexibility index (Phi) is 1.01. The van der Waals surface area contributed by atoms with Gasteiger partial charge in [-0.05, 0) is 0 Å². The third kappa shape index (κ3) is 0.523. The zero-order valence-corrected chi connectivity index (χ0v) is 5.78. The van der Waals surface area contributed by atoms with E-state index in [1.165, 1.54) is 7.11 Å². The monoisotopic (exact) mass is 139 g/mol. The summed E-state index contributed by atoms with van der Waals surface area (Å²) in [7, 11) is 1.41. The van der Waals surface area contributed by atoms with Gasteiger partial charge in [-0.15, -0.1) is 0 Å². The molecule has 0 bridgehead atoms. The van der Waals surface area contributed by atoms with Crippen molar-refractivity contribution >= 4 is 6.09 Å². The summed E-state index contributed by atoms with van der Waals surface area (Å²) in [6, 6.07) is 0.354. The second-order valence-corrected chi connectivity index (χ2v) is 2.66. The third-order valence-electron chi connectivity index (χ3n) is 2.17. The minimum atomic E-state index is -0.203. The summed E-state index contributed by atoms with van der Waals surface area (Å²) < 4.78 is 4.56. The SMILES string of the molecule is COC(=O)N1C[C@@H]2C=C[C@@H]21. The van der Waals surface area contributed by atoms with E-state index in [-0.39, 0.29) is 6.09 Å². The van der Waals surface area contributed by atoms with Crippen LogP contribution in [0, 0.1) is 5.92 Å². The van der Waals surface area contributed by atoms with Crippen LogP contribution < -0.4 is 0 Å². The Morgan fingerprint density at radius 1 is 1.70 bits per heavy atom. The Bertz CT molecular complexity index is 200. The highest BCUT2D eigenvalue weighted by Gasteiger charge is 2.43. The number of rotatable bonds is 0. The zero-order valence-electron chi connectivity index (χ0n) is 5.78. The van der Waals surface area contributed by atoms with E-state index in [1.807, 2.05) is 6.08 Å². The second kappa shape index (κ2) is 1.75. The fourth-order valence-electron chi connectivity index (χ4n) is 1.40. The van der Waals surface area contributed by atoms with E-state index in [9.17, 15) is 4.79 Å². The minimum absolute atomic E-state index is 0.203. The summed E-state index contributed by atoms with van der Waals surface area (Å²) in [6.07, 6.45) is 3.96. The molecule has 10 heavy (non-hydrogen) atoms. The van der Waals surface area contributed by atoms with Crippen molar-refractivity contribution in [2.75, 3.05) is 13.7 Å². The number of hydrogen-bond donors (Lipinski definition) is 0. The highest BCUT2D eigenvalue weighted by molar-refractivity contribution is 5.70. The van der Waals surface area contributed by atoms with Gasteiger partial charge in [0.05, 0.1) is 13.2 Å². The summed E-state index contributed by atoms with van der Waals surface area (Å²) in [5.74, 6) is 0.624. The maximum atomic E-state index is 10.9. The largest absolute Gasteiger partial charge is 0.453 e. The first-order valence-corrected chi connectivity index (χ1v) is 3.36. The molecule has 0 aromatic carbocycles. The lowest BCUT2D eigenvalue weighted by molar-refractivity contribution is 0.0411. The van der Waals surface area contributed by atoms with Gasteiger partial charge in [0.2, 0.25) is 0 Å². The molecule has 0 unspecified atom stereocenters. The van der Waals surface area contributed by atoms with E-state index in [1.54, 1.807) is 4.90 Å². The molecule has 1 heterocycles. The molecule has 2 aliphatic rings. The fourth-order valence-corrected chi connectivity index (χ4v) is 1.40. The molecule has 0 N–H and O–H groups in total. The molecular formula is C7H9NO2. The molecule has 0 spiro atoms. The molecule has 2 rings (SSSR count). The Hall–Kier alpha value is -0.990. The van der Waals surface area contributed by atoms with E-state index in [4.69, 9.17) is 0 Å². The van der Waals surface area contributed by atoms with Crippen LogP contribution in [0.3, 0.4) is 0 Å². The lowest BCUT2D eigenvalue weighted by atomic mass is 9.80. The first-order chi connectivity index (χ1) is 4.83. The Balaban J connectivity index is 1.98. The van der Waals surface area contributed by atoms with Gasteiger partial charge in [-0.3, -0.25) is 0 Å². The number of carbonyl (C=O) groups excluding carboxylic acids is 1. The molecule has 0 aromatic rings. The van der Waals surface area contributed by atoms with Gasteiger partial charge in [0, 0.05) is 12.5 Å². The smallest absolute Gasteiger partial charge is 0.410 e. The number of amides is 1. The summed E-state index contributed by atoms with van der Waals surface area (Å²) >= 11 is 0. The Labute approximate surface area is 59.3 Å². The van der Waals surface area contributed by atoms with Crippen molar-refractivity contribution in [3.05, 3.63) is 12.2 Å². The quantitative estimate of drug-likeness (QED) is 0.460. The van der Waals surface area contributed by atoms with Crippen LogP contribution in [-0.4, -0.2) is 30.7 Å². The van der Waals surface area contributed by atoms with Crippen molar-refractivity contribution in [2.24, 2.45) is 5.92 Å². The number of hydrogen-bond acceptors (Lipinski definition) is 2. The second-order valence-electron chi connectivity index (χ2n) is 2.66. The van der Waals surface area contributed by atoms with Gasteiger partial charge in [0.1, 0.15) is 0 Å². The lowest BCUT2D eigenvalue weighted by Crippen LogP contribution is -2.60. The van der Waals surface area contributed by atoms with Gasteiger partial charge in [0.25, 0.3) is 0 Å². The summed E-state index contributed by atoms with van der Waals surface area (Å²) in [4.78, 5) is 12.6. The number of carbonyl (C=O) groups is 1. The molecule has 1 amide bonds. The molecule has 3 heteroatoms. The van der Waals surface area contributed by atoms with E-state index >= 15 is 0 Å². The van der Waals surface area contributed by atoms with Crippen LogP contribution in [0.25, 0.3) is 0 Å². The highest BCUT2D eigenvalue weighted by atomic mass is 16.5. The minimum Gasteiger partial charge on any atom is -0.453 e. The van der Waals surface area contributed by atoms with Crippen molar-refractivity contribution in [2.45, 2.75) is 6.04 Å². The van der Waals surface area contributed by atoms with Crippen LogP contribution in [0.5, 0.6) is 0 Å². The number of fused-ring (bicyclic) bond motifs is 1. The molecule has 0 radical (unpaired) electrons. The summed E-state index contributed by atoms with van der Waals surface area (Å²) in [5.41, 5.74) is 0. The first kappa shape index (κ1) is 5.77. The van der Waals surface area contributed by atoms with Crippen LogP contribution >= 0.6 is 0 Å². The number of likely N-dealkylation sites (tertiary alicyclic amines) is 1. The van der Waals surface area contributed by atoms with Crippen LogP contribution in [0.1, 0.15) is 0 Å². The van der Waals surface area contributed by atoms with Gasteiger partial charge < -0.3 is 9.64 Å². The topological polar surface area (TPSA) is 29.5 Å². The van der Waals surface area contributed by atoms with Gasteiger partial charge in [-0.1, -0.05) is 12.2 Å². The Morgan fingerprint density at radius 2 is 2.50 bits per heavy atom. The predicted molar refractivity (Wildman–Crippen MR) is 35.5 cm³/mol. The van der Waals surface area contributed by atoms with Crippen molar-refractivity contribution in [1.29, 1.82) is 0 Å². The standard InChI is InChI=1S/C7H9NO2/c1-10-7(9)8-4-5-2-3-6(5)8/h2-3,5-6H,4H2,1H3/t5-,6-/m0/s1. The average molecular weight is 139 g/mol. The van der Waals surface area contributed by atoms with E-state index in [0.29, 0.717) is 12.0 Å². The predicted octanol–water partition coefficient (Wildman–Crippen LogP) is 0.623. The highest BCUT2D eigenvalue weighted by Crippen LogP contribution is 2.34. The number of methoxy groups -OCH3 is 1. The van der Waals surface area contributed by atoms with Gasteiger partial charge >= 0.3 is 6.09 Å². The average Bonchev–Trinajstić information content (AvgIpc) is 1.93. The van der Waals surface area contributed by atoms with Crippen LogP contribution in [-0.2, 0) is 4.74 Å². The van der Waals surface area contributed by atoms with Gasteiger partial charge in [-0.25, -0.2) is 4.79 Å². The molecular weight excluding hydrogens is 130 g/mol. The molecule has 1 aliphatic carbocycles. The maximum Gasteiger partial charge on any atom is 0.410 e. The molecule has 1 aliphatic heterocycles. The molecule has 1 saturated heterocycles.